The lowest BCUT2D eigenvalue weighted by molar-refractivity contribution is 0.254. The van der Waals surface area contributed by atoms with Crippen molar-refractivity contribution < 1.29 is 4.79 Å². The lowest BCUT2D eigenvalue weighted by atomic mass is 10.4. The molecule has 0 atom stereocenters. The van der Waals surface area contributed by atoms with Crippen LogP contribution in [0, 0.1) is 0 Å². The summed E-state index contributed by atoms with van der Waals surface area (Å²) in [7, 11) is 0. The van der Waals surface area contributed by atoms with Crippen LogP contribution < -0.4 is 10.5 Å². The highest BCUT2D eigenvalue weighted by molar-refractivity contribution is 7.98. The van der Waals surface area contributed by atoms with Crippen LogP contribution in [0.2, 0.25) is 10.0 Å². The smallest absolute Gasteiger partial charge is 0.322 e. The fourth-order valence-corrected chi connectivity index (χ4v) is 1.94. The molecule has 3 N–H and O–H groups in total. The van der Waals surface area contributed by atoms with Crippen molar-refractivity contribution in [3.05, 3.63) is 28.2 Å². The average molecular weight is 237 g/mol. The molecule has 0 saturated carbocycles. The molecule has 0 unspecified atom stereocenters. The zero-order valence-corrected chi connectivity index (χ0v) is 8.71. The molecule has 2 amide bonds. The molecular weight excluding hydrogens is 231 g/mol. The molecule has 1 aromatic rings. The zero-order valence-electron chi connectivity index (χ0n) is 6.38. The van der Waals surface area contributed by atoms with Gasteiger partial charge in [-0.2, -0.15) is 0 Å². The van der Waals surface area contributed by atoms with Crippen LogP contribution in [0.25, 0.3) is 0 Å². The monoisotopic (exact) mass is 236 g/mol. The molecule has 0 heterocycles. The van der Waals surface area contributed by atoms with Crippen molar-refractivity contribution in [3.8, 4) is 0 Å². The number of hydrogen-bond donors (Lipinski definition) is 2. The fourth-order valence-electron chi connectivity index (χ4n) is 0.697. The quantitative estimate of drug-likeness (QED) is 0.777. The summed E-state index contributed by atoms with van der Waals surface area (Å²) < 4.78 is 2.35. The van der Waals surface area contributed by atoms with Crippen LogP contribution in [0.1, 0.15) is 0 Å². The molecule has 0 aliphatic heterocycles. The number of amides is 2. The highest BCUT2D eigenvalue weighted by Gasteiger charge is 1.99. The van der Waals surface area contributed by atoms with Crippen LogP contribution >= 0.6 is 35.1 Å². The predicted octanol–water partition coefficient (Wildman–Crippen LogP) is 2.67. The Labute approximate surface area is 89.7 Å². The van der Waals surface area contributed by atoms with Gasteiger partial charge in [0.1, 0.15) is 0 Å². The summed E-state index contributed by atoms with van der Waals surface area (Å²) in [5, 5.41) is 1.03. The molecule has 1 aromatic carbocycles. The van der Waals surface area contributed by atoms with Crippen LogP contribution in [0.5, 0.6) is 0 Å². The van der Waals surface area contributed by atoms with Crippen molar-refractivity contribution in [2.75, 3.05) is 0 Å². The van der Waals surface area contributed by atoms with Crippen molar-refractivity contribution in [1.82, 2.24) is 4.72 Å². The fraction of sp³-hybridized carbons (Fsp3) is 0. The molecule has 0 bridgehead atoms. The van der Waals surface area contributed by atoms with Gasteiger partial charge >= 0.3 is 6.03 Å². The Kier molecular flexibility index (Phi) is 3.71. The lowest BCUT2D eigenvalue weighted by Gasteiger charge is -2.01. The van der Waals surface area contributed by atoms with E-state index in [4.69, 9.17) is 28.9 Å². The number of primary amides is 1. The number of hydrogen-bond acceptors (Lipinski definition) is 2. The van der Waals surface area contributed by atoms with Gasteiger partial charge in [0.05, 0.1) is 0 Å². The minimum Gasteiger partial charge on any atom is -0.351 e. The molecular formula is C7H6Cl2N2OS. The van der Waals surface area contributed by atoms with E-state index in [0.29, 0.717) is 10.0 Å². The van der Waals surface area contributed by atoms with Crippen molar-refractivity contribution in [1.29, 1.82) is 0 Å². The molecule has 13 heavy (non-hydrogen) atoms. The van der Waals surface area contributed by atoms with Crippen molar-refractivity contribution in [2.45, 2.75) is 4.90 Å². The van der Waals surface area contributed by atoms with Gasteiger partial charge < -0.3 is 5.73 Å². The standard InChI is InChI=1S/C7H6Cl2N2OS/c8-4-1-5(9)3-6(2-4)13-11-7(10)12/h1-3H,(H3,10,11,12). The van der Waals surface area contributed by atoms with Crippen molar-refractivity contribution in [3.63, 3.8) is 0 Å². The number of carbonyl (C=O) groups excluding carboxylic acids is 1. The minimum atomic E-state index is -0.610. The summed E-state index contributed by atoms with van der Waals surface area (Å²) in [6.07, 6.45) is 0. The average Bonchev–Trinajstić information content (AvgIpc) is 1.99. The first-order valence-corrected chi connectivity index (χ1v) is 4.83. The third-order valence-electron chi connectivity index (χ3n) is 1.11. The second-order valence-corrected chi connectivity index (χ2v) is 3.93. The van der Waals surface area contributed by atoms with Gasteiger partial charge in [-0.15, -0.1) is 0 Å². The summed E-state index contributed by atoms with van der Waals surface area (Å²) in [4.78, 5) is 11.1. The van der Waals surface area contributed by atoms with E-state index in [1.54, 1.807) is 18.2 Å². The maximum absolute atomic E-state index is 10.4. The maximum Gasteiger partial charge on any atom is 0.322 e. The van der Waals surface area contributed by atoms with Gasteiger partial charge in [-0.1, -0.05) is 23.2 Å². The topological polar surface area (TPSA) is 55.1 Å². The number of carbonyl (C=O) groups is 1. The molecule has 0 radical (unpaired) electrons. The SMILES string of the molecule is NC(=O)NSc1cc(Cl)cc(Cl)c1. The number of rotatable bonds is 2. The lowest BCUT2D eigenvalue weighted by Crippen LogP contribution is -2.22. The predicted molar refractivity (Wildman–Crippen MR) is 55.0 cm³/mol. The van der Waals surface area contributed by atoms with E-state index in [2.05, 4.69) is 4.72 Å². The first-order valence-electron chi connectivity index (χ1n) is 3.26. The molecule has 0 aliphatic carbocycles. The summed E-state index contributed by atoms with van der Waals surface area (Å²) in [6, 6.07) is 4.35. The first kappa shape index (κ1) is 10.5. The van der Waals surface area contributed by atoms with E-state index in [1.807, 2.05) is 0 Å². The molecule has 0 aromatic heterocycles. The minimum absolute atomic E-state index is 0.515. The normalized spacial score (nSPS) is 9.69. The van der Waals surface area contributed by atoms with Gasteiger partial charge in [-0.05, 0) is 30.1 Å². The van der Waals surface area contributed by atoms with Crippen LogP contribution in [0.15, 0.2) is 23.1 Å². The Balaban J connectivity index is 2.71. The Bertz CT molecular complexity index is 312. The highest BCUT2D eigenvalue weighted by Crippen LogP contribution is 2.24. The number of urea groups is 1. The molecule has 6 heteroatoms. The molecule has 3 nitrogen and oxygen atoms in total. The summed E-state index contributed by atoms with van der Waals surface area (Å²) >= 11 is 12.5. The summed E-state index contributed by atoms with van der Waals surface area (Å²) in [6.45, 7) is 0. The Hall–Kier alpha value is -0.580. The van der Waals surface area contributed by atoms with Gasteiger partial charge in [0.2, 0.25) is 0 Å². The van der Waals surface area contributed by atoms with Crippen LogP contribution in [0.4, 0.5) is 4.79 Å². The van der Waals surface area contributed by atoms with Gasteiger partial charge in [0, 0.05) is 14.9 Å². The largest absolute Gasteiger partial charge is 0.351 e. The van der Waals surface area contributed by atoms with Crippen LogP contribution in [-0.2, 0) is 0 Å². The maximum atomic E-state index is 10.4. The molecule has 0 aliphatic rings. The van der Waals surface area contributed by atoms with Gasteiger partial charge in [0.25, 0.3) is 0 Å². The summed E-state index contributed by atoms with van der Waals surface area (Å²) in [5.41, 5.74) is 4.88. The number of benzene rings is 1. The molecule has 0 fully saturated rings. The zero-order chi connectivity index (χ0) is 9.84. The summed E-state index contributed by atoms with van der Waals surface area (Å²) in [5.74, 6) is 0. The Morgan fingerprint density at radius 3 is 2.31 bits per heavy atom. The van der Waals surface area contributed by atoms with Gasteiger partial charge in [-0.25, -0.2) is 4.79 Å². The second-order valence-electron chi connectivity index (χ2n) is 2.17. The number of nitrogens with two attached hydrogens (primary N) is 1. The van der Waals surface area contributed by atoms with E-state index in [1.165, 1.54) is 0 Å². The molecule has 0 saturated heterocycles. The highest BCUT2D eigenvalue weighted by atomic mass is 35.5. The van der Waals surface area contributed by atoms with E-state index >= 15 is 0 Å². The number of nitrogens with one attached hydrogen (secondary N) is 1. The molecule has 70 valence electrons. The Morgan fingerprint density at radius 1 is 1.31 bits per heavy atom. The van der Waals surface area contributed by atoms with Crippen molar-refractivity contribution in [2.24, 2.45) is 5.73 Å². The van der Waals surface area contributed by atoms with E-state index in [-0.39, 0.29) is 0 Å². The van der Waals surface area contributed by atoms with Crippen molar-refractivity contribution >= 4 is 41.2 Å². The molecule has 1 rings (SSSR count). The van der Waals surface area contributed by atoms with Gasteiger partial charge in [-0.3, -0.25) is 4.72 Å². The van der Waals surface area contributed by atoms with E-state index < -0.39 is 6.03 Å². The third kappa shape index (κ3) is 3.76. The van der Waals surface area contributed by atoms with Crippen LogP contribution in [-0.4, -0.2) is 6.03 Å². The Morgan fingerprint density at radius 2 is 1.85 bits per heavy atom. The van der Waals surface area contributed by atoms with E-state index in [9.17, 15) is 4.79 Å². The first-order chi connectivity index (χ1) is 6.08. The third-order valence-corrected chi connectivity index (χ3v) is 2.32. The molecule has 0 spiro atoms. The van der Waals surface area contributed by atoms with E-state index in [0.717, 1.165) is 16.8 Å². The van der Waals surface area contributed by atoms with Crippen LogP contribution in [0.3, 0.4) is 0 Å². The second kappa shape index (κ2) is 4.60. The number of halogens is 2. The van der Waals surface area contributed by atoms with Gasteiger partial charge in [0.15, 0.2) is 0 Å².